The number of allylic oxidation sites excluding steroid dienone is 1. The second-order valence-corrected chi connectivity index (χ2v) is 9.22. The molecular weight excluding hydrogens is 442 g/mol. The lowest BCUT2D eigenvalue weighted by Crippen LogP contribution is -2.14. The van der Waals surface area contributed by atoms with Gasteiger partial charge in [0.05, 0.1) is 17.4 Å². The van der Waals surface area contributed by atoms with Crippen molar-refractivity contribution in [3.63, 3.8) is 0 Å². The van der Waals surface area contributed by atoms with Crippen LogP contribution in [-0.2, 0) is 11.3 Å². The van der Waals surface area contributed by atoms with Crippen LogP contribution in [0.15, 0.2) is 53.5 Å². The average Bonchev–Trinajstić information content (AvgIpc) is 3.55. The molecule has 1 amide bonds. The molecule has 7 nitrogen and oxygen atoms in total. The van der Waals surface area contributed by atoms with Crippen LogP contribution >= 0.6 is 23.1 Å². The minimum Gasteiger partial charge on any atom is -0.490 e. The molecule has 2 aromatic heterocycles. The van der Waals surface area contributed by atoms with Crippen LogP contribution in [0.25, 0.3) is 11.4 Å². The molecule has 9 heteroatoms. The number of nitrogens with zero attached hydrogens (tertiary/aromatic N) is 4. The van der Waals surface area contributed by atoms with Gasteiger partial charge in [-0.2, -0.15) is 5.26 Å². The number of anilines is 1. The van der Waals surface area contributed by atoms with Crippen molar-refractivity contribution in [2.24, 2.45) is 0 Å². The van der Waals surface area contributed by atoms with Crippen molar-refractivity contribution in [1.82, 2.24) is 14.8 Å². The summed E-state index contributed by atoms with van der Waals surface area (Å²) in [5.74, 6) is 1.54. The van der Waals surface area contributed by atoms with Gasteiger partial charge in [-0.1, -0.05) is 17.8 Å². The van der Waals surface area contributed by atoms with Crippen molar-refractivity contribution >= 4 is 34.0 Å². The molecule has 0 radical (unpaired) electrons. The number of thiophene rings is 1. The number of hydrogen-bond acceptors (Lipinski definition) is 7. The fourth-order valence-electron chi connectivity index (χ4n) is 3.57. The Morgan fingerprint density at radius 3 is 2.81 bits per heavy atom. The van der Waals surface area contributed by atoms with Crippen molar-refractivity contribution in [3.05, 3.63) is 53.9 Å². The quantitative estimate of drug-likeness (QED) is 0.348. The third-order valence-electron chi connectivity index (χ3n) is 5.12. The number of ether oxygens (including phenoxy) is 1. The van der Waals surface area contributed by atoms with E-state index in [0.29, 0.717) is 34.2 Å². The van der Waals surface area contributed by atoms with E-state index in [4.69, 9.17) is 10.00 Å². The van der Waals surface area contributed by atoms with E-state index in [-0.39, 0.29) is 11.7 Å². The van der Waals surface area contributed by atoms with Crippen LogP contribution in [0.3, 0.4) is 0 Å². The maximum absolute atomic E-state index is 12.4. The van der Waals surface area contributed by atoms with Gasteiger partial charge < -0.3 is 10.1 Å². The Morgan fingerprint density at radius 1 is 1.31 bits per heavy atom. The number of benzene rings is 1. The maximum atomic E-state index is 12.4. The Kier molecular flexibility index (Phi) is 7.24. The number of rotatable bonds is 9. The summed E-state index contributed by atoms with van der Waals surface area (Å²) in [6.07, 6.45) is 6.80. The zero-order chi connectivity index (χ0) is 22.3. The summed E-state index contributed by atoms with van der Waals surface area (Å²) < 4.78 is 7.98. The number of carbonyl (C=O) groups excluding carboxylic acids is 1. The number of nitrogens with one attached hydrogen (secondary N) is 1. The van der Waals surface area contributed by atoms with Gasteiger partial charge in [-0.05, 0) is 61.4 Å². The highest BCUT2D eigenvalue weighted by atomic mass is 32.2. The van der Waals surface area contributed by atoms with Crippen LogP contribution < -0.4 is 10.1 Å². The second kappa shape index (κ2) is 10.5. The molecular formula is C23H23N5O2S2. The normalized spacial score (nSPS) is 13.6. The second-order valence-electron chi connectivity index (χ2n) is 7.37. The lowest BCUT2D eigenvalue weighted by molar-refractivity contribution is -0.113. The average molecular weight is 466 g/mol. The van der Waals surface area contributed by atoms with Crippen molar-refractivity contribution in [3.8, 4) is 23.2 Å². The number of nitriles is 1. The molecule has 3 aromatic rings. The third kappa shape index (κ3) is 5.21. The molecule has 0 spiro atoms. The molecule has 1 N–H and O–H groups in total. The fraction of sp³-hybridized carbons (Fsp3) is 0.304. The van der Waals surface area contributed by atoms with Crippen molar-refractivity contribution in [2.45, 2.75) is 43.5 Å². The molecule has 2 heterocycles. The molecule has 0 atom stereocenters. The van der Waals surface area contributed by atoms with Crippen LogP contribution in [0.2, 0.25) is 0 Å². The van der Waals surface area contributed by atoms with Crippen LogP contribution in [-0.4, -0.2) is 32.5 Å². The smallest absolute Gasteiger partial charge is 0.235 e. The van der Waals surface area contributed by atoms with E-state index in [0.717, 1.165) is 24.2 Å². The van der Waals surface area contributed by atoms with Crippen molar-refractivity contribution in [1.29, 1.82) is 5.26 Å². The number of carbonyl (C=O) groups is 1. The molecule has 32 heavy (non-hydrogen) atoms. The van der Waals surface area contributed by atoms with Gasteiger partial charge in [-0.15, -0.1) is 28.1 Å². The third-order valence-corrected chi connectivity index (χ3v) is 6.91. The van der Waals surface area contributed by atoms with E-state index >= 15 is 0 Å². The molecule has 0 unspecified atom stereocenters. The number of aromatic nitrogens is 3. The van der Waals surface area contributed by atoms with E-state index in [1.165, 1.54) is 35.9 Å². The first kappa shape index (κ1) is 22.1. The van der Waals surface area contributed by atoms with E-state index in [2.05, 4.69) is 28.2 Å². The number of thioether (sulfide) groups is 1. The molecule has 0 bridgehead atoms. The molecule has 164 valence electrons. The lowest BCUT2D eigenvalue weighted by atomic mass is 10.2. The van der Waals surface area contributed by atoms with Crippen molar-refractivity contribution in [2.75, 3.05) is 11.1 Å². The Labute approximate surface area is 195 Å². The van der Waals surface area contributed by atoms with E-state index in [1.54, 1.807) is 17.5 Å². The van der Waals surface area contributed by atoms with E-state index in [9.17, 15) is 4.79 Å². The first-order valence-corrected chi connectivity index (χ1v) is 12.3. The number of hydrogen-bond donors (Lipinski definition) is 1. The zero-order valence-electron chi connectivity index (χ0n) is 17.5. The highest BCUT2D eigenvalue weighted by molar-refractivity contribution is 7.99. The van der Waals surface area contributed by atoms with Crippen LogP contribution in [0.4, 0.5) is 5.00 Å². The van der Waals surface area contributed by atoms with Gasteiger partial charge in [-0.3, -0.25) is 9.36 Å². The summed E-state index contributed by atoms with van der Waals surface area (Å²) in [4.78, 5) is 12.4. The Morgan fingerprint density at radius 2 is 2.09 bits per heavy atom. The molecule has 4 rings (SSSR count). The molecule has 0 saturated heterocycles. The molecule has 1 aliphatic carbocycles. The van der Waals surface area contributed by atoms with Crippen LogP contribution in [0.1, 0.15) is 31.2 Å². The summed E-state index contributed by atoms with van der Waals surface area (Å²) in [5, 5.41) is 23.5. The van der Waals surface area contributed by atoms with Crippen molar-refractivity contribution < 1.29 is 9.53 Å². The van der Waals surface area contributed by atoms with Gasteiger partial charge in [0.25, 0.3) is 0 Å². The summed E-state index contributed by atoms with van der Waals surface area (Å²) >= 11 is 2.62. The largest absolute Gasteiger partial charge is 0.490 e. The summed E-state index contributed by atoms with van der Waals surface area (Å²) in [6.45, 7) is 4.36. The molecule has 1 fully saturated rings. The fourth-order valence-corrected chi connectivity index (χ4v) is 5.07. The first-order chi connectivity index (χ1) is 15.7. The monoisotopic (exact) mass is 465 g/mol. The topological polar surface area (TPSA) is 92.8 Å². The highest BCUT2D eigenvalue weighted by Crippen LogP contribution is 2.29. The number of amides is 1. The van der Waals surface area contributed by atoms with Crippen LogP contribution in [0.5, 0.6) is 5.75 Å². The SMILES string of the molecule is C=CCn1c(SCC(=O)Nc2sccc2C#N)nnc1-c1ccc(OC2CCCC2)cc1. The van der Waals surface area contributed by atoms with E-state index in [1.807, 2.05) is 28.8 Å². The van der Waals surface area contributed by atoms with Gasteiger partial charge in [0.1, 0.15) is 16.8 Å². The first-order valence-electron chi connectivity index (χ1n) is 10.4. The highest BCUT2D eigenvalue weighted by Gasteiger charge is 2.18. The molecule has 1 aliphatic rings. The maximum Gasteiger partial charge on any atom is 0.235 e. The van der Waals surface area contributed by atoms with Gasteiger partial charge in [0.15, 0.2) is 11.0 Å². The Balaban J connectivity index is 1.43. The van der Waals surface area contributed by atoms with E-state index < -0.39 is 0 Å². The molecule has 1 aromatic carbocycles. The Hall–Kier alpha value is -3.09. The lowest BCUT2D eigenvalue weighted by Gasteiger charge is -2.13. The standard InChI is InChI=1S/C23H23N5O2S2/c1-2-12-28-21(16-7-9-19(10-8-16)30-18-5-3-4-6-18)26-27-23(28)32-15-20(29)25-22-17(14-24)11-13-31-22/h2,7-11,13,18H,1,3-6,12,15H2,(H,25,29). The predicted molar refractivity (Wildman–Crippen MR) is 127 cm³/mol. The summed E-state index contributed by atoms with van der Waals surface area (Å²) in [5.41, 5.74) is 1.39. The zero-order valence-corrected chi connectivity index (χ0v) is 19.1. The van der Waals surface area contributed by atoms with Gasteiger partial charge >= 0.3 is 0 Å². The summed E-state index contributed by atoms with van der Waals surface area (Å²) in [7, 11) is 0. The predicted octanol–water partition coefficient (Wildman–Crippen LogP) is 5.12. The molecule has 1 saturated carbocycles. The van der Waals surface area contributed by atoms with Gasteiger partial charge in [-0.25, -0.2) is 0 Å². The van der Waals surface area contributed by atoms with Gasteiger partial charge in [0.2, 0.25) is 5.91 Å². The van der Waals surface area contributed by atoms with Crippen LogP contribution in [0, 0.1) is 11.3 Å². The molecule has 0 aliphatic heterocycles. The minimum absolute atomic E-state index is 0.159. The summed E-state index contributed by atoms with van der Waals surface area (Å²) in [6, 6.07) is 11.6. The minimum atomic E-state index is -0.197. The Bertz CT molecular complexity index is 1120. The van der Waals surface area contributed by atoms with Gasteiger partial charge in [0, 0.05) is 12.1 Å².